The van der Waals surface area contributed by atoms with Gasteiger partial charge >= 0.3 is 0 Å². The lowest BCUT2D eigenvalue weighted by Crippen LogP contribution is -2.33. The van der Waals surface area contributed by atoms with Crippen molar-refractivity contribution in [2.45, 2.75) is 12.2 Å². The summed E-state index contributed by atoms with van der Waals surface area (Å²) in [5, 5.41) is 6.43. The predicted molar refractivity (Wildman–Crippen MR) is 126 cm³/mol. The molecule has 2 aromatic carbocycles. The molecular weight excluding hydrogens is 489 g/mol. The van der Waals surface area contributed by atoms with Crippen LogP contribution in [0.15, 0.2) is 53.5 Å². The van der Waals surface area contributed by atoms with E-state index in [0.29, 0.717) is 37.2 Å². The minimum absolute atomic E-state index is 0. The Morgan fingerprint density at radius 1 is 1.11 bits per heavy atom. The number of hydrogen-bond donors (Lipinski definition) is 2. The molecule has 2 aromatic rings. The number of rotatable bonds is 6. The fourth-order valence-corrected chi connectivity index (χ4v) is 3.71. The standard InChI is InChI=1S/C20H25N3O3S.HI/c1-21-20(22-10-13-27(24)15-16-6-3-2-4-7-16)23-17-8-9-18-19(14-17)26-12-5-11-25-18;/h2-4,6-9,14H,5,10-13,15H2,1H3,(H2,21,22,23);1H. The van der Waals surface area contributed by atoms with Gasteiger partial charge in [-0.15, -0.1) is 24.0 Å². The van der Waals surface area contributed by atoms with Crippen LogP contribution in [0.3, 0.4) is 0 Å². The third-order valence-corrected chi connectivity index (χ3v) is 5.34. The molecule has 1 aliphatic heterocycles. The summed E-state index contributed by atoms with van der Waals surface area (Å²) in [4.78, 5) is 4.22. The summed E-state index contributed by atoms with van der Waals surface area (Å²) in [5.74, 6) is 3.24. The summed E-state index contributed by atoms with van der Waals surface area (Å²) in [6, 6.07) is 15.6. The summed E-state index contributed by atoms with van der Waals surface area (Å²) >= 11 is 0. The van der Waals surface area contributed by atoms with E-state index in [-0.39, 0.29) is 24.0 Å². The van der Waals surface area contributed by atoms with Gasteiger partial charge in [0, 0.05) is 54.1 Å². The fourth-order valence-electron chi connectivity index (χ4n) is 2.67. The van der Waals surface area contributed by atoms with Crippen LogP contribution in [0.2, 0.25) is 0 Å². The summed E-state index contributed by atoms with van der Waals surface area (Å²) in [6.07, 6.45) is 0.876. The Hall–Kier alpha value is -1.81. The lowest BCUT2D eigenvalue weighted by molar-refractivity contribution is 0.297. The summed E-state index contributed by atoms with van der Waals surface area (Å²) in [6.45, 7) is 1.89. The number of aliphatic imine (C=N–C) groups is 1. The van der Waals surface area contributed by atoms with Crippen molar-refractivity contribution in [2.24, 2.45) is 4.99 Å². The van der Waals surface area contributed by atoms with Gasteiger partial charge in [0.05, 0.1) is 13.2 Å². The molecule has 0 aliphatic carbocycles. The van der Waals surface area contributed by atoms with Crippen LogP contribution in [0.1, 0.15) is 12.0 Å². The highest BCUT2D eigenvalue weighted by molar-refractivity contribution is 14.0. The Balaban J connectivity index is 0.00000280. The second-order valence-corrected chi connectivity index (χ2v) is 7.69. The van der Waals surface area contributed by atoms with E-state index in [9.17, 15) is 4.21 Å². The SMILES string of the molecule is CN=C(NCCS(=O)Cc1ccccc1)Nc1ccc2c(c1)OCCCO2.I. The third kappa shape index (κ3) is 6.97. The maximum Gasteiger partial charge on any atom is 0.195 e. The van der Waals surface area contributed by atoms with E-state index in [0.717, 1.165) is 29.2 Å². The van der Waals surface area contributed by atoms with E-state index >= 15 is 0 Å². The van der Waals surface area contributed by atoms with E-state index < -0.39 is 10.8 Å². The second-order valence-electron chi connectivity index (χ2n) is 6.11. The van der Waals surface area contributed by atoms with Gasteiger partial charge in [-0.25, -0.2) is 0 Å². The molecule has 0 amide bonds. The molecule has 152 valence electrons. The molecule has 1 unspecified atom stereocenters. The normalized spacial score (nSPS) is 14.4. The van der Waals surface area contributed by atoms with Crippen molar-refractivity contribution in [3.63, 3.8) is 0 Å². The molecule has 1 heterocycles. The number of fused-ring (bicyclic) bond motifs is 1. The fraction of sp³-hybridized carbons (Fsp3) is 0.350. The molecule has 6 nitrogen and oxygen atoms in total. The number of halogens is 1. The lowest BCUT2D eigenvalue weighted by atomic mass is 10.2. The monoisotopic (exact) mass is 515 g/mol. The first kappa shape index (κ1) is 22.5. The summed E-state index contributed by atoms with van der Waals surface area (Å²) in [7, 11) is 0.786. The average molecular weight is 515 g/mol. The molecule has 0 radical (unpaired) electrons. The van der Waals surface area contributed by atoms with E-state index in [1.807, 2.05) is 48.5 Å². The highest BCUT2D eigenvalue weighted by Crippen LogP contribution is 2.32. The first-order valence-electron chi connectivity index (χ1n) is 9.01. The maximum absolute atomic E-state index is 12.2. The van der Waals surface area contributed by atoms with Crippen LogP contribution in [-0.2, 0) is 16.6 Å². The summed E-state index contributed by atoms with van der Waals surface area (Å²) in [5.41, 5.74) is 1.95. The number of nitrogens with zero attached hydrogens (tertiary/aromatic N) is 1. The highest BCUT2D eigenvalue weighted by atomic mass is 127. The number of anilines is 1. The van der Waals surface area contributed by atoms with Gasteiger partial charge < -0.3 is 20.1 Å². The molecule has 2 N–H and O–H groups in total. The molecule has 3 rings (SSSR count). The van der Waals surface area contributed by atoms with Gasteiger partial charge in [0.1, 0.15) is 0 Å². The molecule has 0 saturated carbocycles. The van der Waals surface area contributed by atoms with Gasteiger partial charge in [-0.1, -0.05) is 30.3 Å². The lowest BCUT2D eigenvalue weighted by Gasteiger charge is -2.14. The van der Waals surface area contributed by atoms with Crippen LogP contribution in [0.25, 0.3) is 0 Å². The van der Waals surface area contributed by atoms with Crippen molar-refractivity contribution in [1.82, 2.24) is 5.32 Å². The van der Waals surface area contributed by atoms with Crippen molar-refractivity contribution >= 4 is 46.4 Å². The van der Waals surface area contributed by atoms with Crippen molar-refractivity contribution in [3.8, 4) is 11.5 Å². The minimum atomic E-state index is -0.921. The van der Waals surface area contributed by atoms with Crippen LogP contribution in [0.4, 0.5) is 5.69 Å². The number of benzene rings is 2. The molecule has 1 aliphatic rings. The van der Waals surface area contributed by atoms with Crippen molar-refractivity contribution in [3.05, 3.63) is 54.1 Å². The van der Waals surface area contributed by atoms with Gasteiger partial charge in [0.2, 0.25) is 0 Å². The summed E-state index contributed by atoms with van der Waals surface area (Å²) < 4.78 is 23.6. The Morgan fingerprint density at radius 2 is 1.86 bits per heavy atom. The van der Waals surface area contributed by atoms with Crippen molar-refractivity contribution < 1.29 is 13.7 Å². The zero-order valence-electron chi connectivity index (χ0n) is 15.8. The number of hydrogen-bond acceptors (Lipinski definition) is 4. The van der Waals surface area contributed by atoms with Crippen LogP contribution in [-0.4, -0.2) is 42.7 Å². The second kappa shape index (κ2) is 11.9. The smallest absolute Gasteiger partial charge is 0.195 e. The van der Waals surface area contributed by atoms with Gasteiger partial charge in [0.15, 0.2) is 17.5 Å². The molecule has 0 saturated heterocycles. The molecular formula is C20H26IN3O3S. The largest absolute Gasteiger partial charge is 0.490 e. The van der Waals surface area contributed by atoms with E-state index in [1.54, 1.807) is 7.05 Å². The zero-order valence-corrected chi connectivity index (χ0v) is 19.0. The van der Waals surface area contributed by atoms with Crippen LogP contribution in [0.5, 0.6) is 11.5 Å². The molecule has 0 spiro atoms. The Labute approximate surface area is 185 Å². The highest BCUT2D eigenvalue weighted by Gasteiger charge is 2.11. The van der Waals surface area contributed by atoms with E-state index in [4.69, 9.17) is 9.47 Å². The number of guanidine groups is 1. The average Bonchev–Trinajstić information content (AvgIpc) is 2.93. The zero-order chi connectivity index (χ0) is 18.9. The van der Waals surface area contributed by atoms with Gasteiger partial charge in [0.25, 0.3) is 0 Å². The molecule has 8 heteroatoms. The van der Waals surface area contributed by atoms with Gasteiger partial charge in [-0.05, 0) is 17.7 Å². The minimum Gasteiger partial charge on any atom is -0.490 e. The van der Waals surface area contributed by atoms with Gasteiger partial charge in [-0.3, -0.25) is 9.20 Å². The number of ether oxygens (including phenoxy) is 2. The molecule has 28 heavy (non-hydrogen) atoms. The Morgan fingerprint density at radius 3 is 2.61 bits per heavy atom. The van der Waals surface area contributed by atoms with E-state index in [2.05, 4.69) is 15.6 Å². The molecule has 0 aromatic heterocycles. The molecule has 1 atom stereocenters. The van der Waals surface area contributed by atoms with Crippen molar-refractivity contribution in [2.75, 3.05) is 37.9 Å². The van der Waals surface area contributed by atoms with Crippen LogP contribution in [0, 0.1) is 0 Å². The Bertz CT molecular complexity index is 803. The Kier molecular flexibility index (Phi) is 9.56. The first-order valence-corrected chi connectivity index (χ1v) is 10.5. The topological polar surface area (TPSA) is 72.0 Å². The predicted octanol–water partition coefficient (Wildman–Crippen LogP) is 3.40. The van der Waals surface area contributed by atoms with Gasteiger partial charge in [-0.2, -0.15) is 0 Å². The van der Waals surface area contributed by atoms with Crippen LogP contribution >= 0.6 is 24.0 Å². The number of nitrogens with one attached hydrogen (secondary N) is 2. The van der Waals surface area contributed by atoms with Crippen molar-refractivity contribution in [1.29, 1.82) is 0 Å². The first-order chi connectivity index (χ1) is 13.2. The van der Waals surface area contributed by atoms with Crippen LogP contribution < -0.4 is 20.1 Å². The third-order valence-electron chi connectivity index (χ3n) is 4.03. The maximum atomic E-state index is 12.2. The quantitative estimate of drug-likeness (QED) is 0.351. The molecule has 0 bridgehead atoms. The van der Waals surface area contributed by atoms with E-state index in [1.165, 1.54) is 0 Å². The molecule has 0 fully saturated rings.